The van der Waals surface area contributed by atoms with Crippen molar-refractivity contribution in [3.05, 3.63) is 0 Å². The van der Waals surface area contributed by atoms with E-state index in [4.69, 9.17) is 5.73 Å². The Bertz CT molecular complexity index is 253. The first-order chi connectivity index (χ1) is 8.10. The molecule has 0 aromatic heterocycles. The molecule has 0 aromatic carbocycles. The van der Waals surface area contributed by atoms with Gasteiger partial charge in [0.25, 0.3) is 0 Å². The second-order valence-corrected chi connectivity index (χ2v) is 6.64. The molecule has 0 spiro atoms. The molecule has 4 unspecified atom stereocenters. The van der Waals surface area contributed by atoms with Gasteiger partial charge in [-0.3, -0.25) is 4.90 Å². The number of piperidine rings is 1. The summed E-state index contributed by atoms with van der Waals surface area (Å²) in [6.45, 7) is 9.35. The van der Waals surface area contributed by atoms with Gasteiger partial charge in [-0.15, -0.1) is 0 Å². The van der Waals surface area contributed by atoms with Gasteiger partial charge in [-0.25, -0.2) is 0 Å². The summed E-state index contributed by atoms with van der Waals surface area (Å²) in [7, 11) is 0. The van der Waals surface area contributed by atoms with Crippen LogP contribution in [0.1, 0.15) is 59.3 Å². The lowest BCUT2D eigenvalue weighted by Gasteiger charge is -2.55. The van der Waals surface area contributed by atoms with E-state index in [-0.39, 0.29) is 0 Å². The Hall–Kier alpha value is -0.0800. The highest BCUT2D eigenvalue weighted by Crippen LogP contribution is 2.41. The number of rotatable bonds is 2. The van der Waals surface area contributed by atoms with Gasteiger partial charge in [0, 0.05) is 24.7 Å². The topological polar surface area (TPSA) is 29.3 Å². The molecule has 2 rings (SSSR count). The molecule has 2 N–H and O–H groups in total. The summed E-state index contributed by atoms with van der Waals surface area (Å²) in [5.74, 6) is 1.62. The minimum atomic E-state index is 0.312. The molecule has 1 saturated heterocycles. The summed E-state index contributed by atoms with van der Waals surface area (Å²) in [5.41, 5.74) is 6.54. The van der Waals surface area contributed by atoms with E-state index in [0.29, 0.717) is 5.54 Å². The lowest BCUT2D eigenvalue weighted by Crippen LogP contribution is -2.63. The second-order valence-electron chi connectivity index (χ2n) is 6.64. The van der Waals surface area contributed by atoms with Crippen LogP contribution in [0.2, 0.25) is 0 Å². The van der Waals surface area contributed by atoms with Crippen LogP contribution in [0.15, 0.2) is 0 Å². The Morgan fingerprint density at radius 3 is 2.53 bits per heavy atom. The van der Waals surface area contributed by atoms with Crippen molar-refractivity contribution in [1.82, 2.24) is 4.90 Å². The van der Waals surface area contributed by atoms with Crippen molar-refractivity contribution in [2.45, 2.75) is 70.9 Å². The van der Waals surface area contributed by atoms with Gasteiger partial charge < -0.3 is 5.73 Å². The SMILES string of the molecule is CC1CCC(C)N(C2(CN)CCCCC2C)C1. The Labute approximate surface area is 107 Å². The third kappa shape index (κ3) is 2.39. The molecular formula is C15H30N2. The van der Waals surface area contributed by atoms with Crippen LogP contribution in [0.4, 0.5) is 0 Å². The molecule has 1 saturated carbocycles. The molecular weight excluding hydrogens is 208 g/mol. The van der Waals surface area contributed by atoms with Gasteiger partial charge in [0.15, 0.2) is 0 Å². The van der Waals surface area contributed by atoms with Crippen molar-refractivity contribution in [2.75, 3.05) is 13.1 Å². The van der Waals surface area contributed by atoms with Crippen molar-refractivity contribution >= 4 is 0 Å². The van der Waals surface area contributed by atoms with Crippen molar-refractivity contribution in [3.8, 4) is 0 Å². The van der Waals surface area contributed by atoms with Crippen LogP contribution < -0.4 is 5.73 Å². The summed E-state index contributed by atoms with van der Waals surface area (Å²) in [4.78, 5) is 2.78. The zero-order valence-electron chi connectivity index (χ0n) is 11.9. The number of hydrogen-bond acceptors (Lipinski definition) is 2. The van der Waals surface area contributed by atoms with Gasteiger partial charge in [-0.1, -0.05) is 26.7 Å². The van der Waals surface area contributed by atoms with Gasteiger partial charge in [-0.05, 0) is 44.4 Å². The lowest BCUT2D eigenvalue weighted by molar-refractivity contribution is -0.0429. The van der Waals surface area contributed by atoms with E-state index >= 15 is 0 Å². The number of nitrogens with zero attached hydrogens (tertiary/aromatic N) is 1. The molecule has 4 atom stereocenters. The Morgan fingerprint density at radius 1 is 1.12 bits per heavy atom. The molecule has 100 valence electrons. The maximum absolute atomic E-state index is 6.23. The van der Waals surface area contributed by atoms with Gasteiger partial charge in [0.1, 0.15) is 0 Å². The molecule has 0 aromatic rings. The van der Waals surface area contributed by atoms with Crippen LogP contribution in [0.25, 0.3) is 0 Å². The maximum Gasteiger partial charge on any atom is 0.0360 e. The van der Waals surface area contributed by atoms with E-state index in [1.807, 2.05) is 0 Å². The van der Waals surface area contributed by atoms with E-state index in [1.54, 1.807) is 0 Å². The molecule has 1 aliphatic heterocycles. The first kappa shape index (κ1) is 13.4. The molecule has 0 amide bonds. The number of likely N-dealkylation sites (tertiary alicyclic amines) is 1. The molecule has 1 heterocycles. The minimum Gasteiger partial charge on any atom is -0.329 e. The molecule has 2 nitrogen and oxygen atoms in total. The quantitative estimate of drug-likeness (QED) is 0.801. The smallest absolute Gasteiger partial charge is 0.0360 e. The molecule has 0 bridgehead atoms. The maximum atomic E-state index is 6.23. The predicted molar refractivity (Wildman–Crippen MR) is 74.0 cm³/mol. The fourth-order valence-corrected chi connectivity index (χ4v) is 4.15. The fourth-order valence-electron chi connectivity index (χ4n) is 4.15. The molecule has 2 heteroatoms. The fraction of sp³-hybridized carbons (Fsp3) is 1.00. The summed E-state index contributed by atoms with van der Waals surface area (Å²) in [6, 6.07) is 0.732. The normalized spacial score (nSPS) is 44.8. The van der Waals surface area contributed by atoms with Crippen LogP contribution in [-0.2, 0) is 0 Å². The van der Waals surface area contributed by atoms with Gasteiger partial charge in [0.2, 0.25) is 0 Å². The first-order valence-electron chi connectivity index (χ1n) is 7.57. The van der Waals surface area contributed by atoms with Crippen LogP contribution in [0, 0.1) is 11.8 Å². The highest BCUT2D eigenvalue weighted by Gasteiger charge is 2.45. The molecule has 0 radical (unpaired) electrons. The van der Waals surface area contributed by atoms with E-state index < -0.39 is 0 Å². The third-order valence-electron chi connectivity index (χ3n) is 5.46. The van der Waals surface area contributed by atoms with E-state index in [9.17, 15) is 0 Å². The lowest BCUT2D eigenvalue weighted by atomic mass is 9.70. The molecule has 2 aliphatic rings. The average Bonchev–Trinajstić information content (AvgIpc) is 2.33. The summed E-state index contributed by atoms with van der Waals surface area (Å²) < 4.78 is 0. The van der Waals surface area contributed by atoms with Gasteiger partial charge >= 0.3 is 0 Å². The summed E-state index contributed by atoms with van der Waals surface area (Å²) in [5, 5.41) is 0. The highest BCUT2D eigenvalue weighted by molar-refractivity contribution is 5.01. The largest absolute Gasteiger partial charge is 0.329 e. The second kappa shape index (κ2) is 5.27. The highest BCUT2D eigenvalue weighted by atomic mass is 15.2. The third-order valence-corrected chi connectivity index (χ3v) is 5.46. The van der Waals surface area contributed by atoms with Crippen LogP contribution in [0.5, 0.6) is 0 Å². The minimum absolute atomic E-state index is 0.312. The molecule has 2 fully saturated rings. The molecule has 1 aliphatic carbocycles. The standard InChI is InChI=1S/C15H30N2/c1-12-7-8-14(3)17(10-12)15(11-16)9-5-4-6-13(15)2/h12-14H,4-11,16H2,1-3H3. The zero-order valence-corrected chi connectivity index (χ0v) is 11.9. The zero-order chi connectivity index (χ0) is 12.5. The monoisotopic (exact) mass is 238 g/mol. The first-order valence-corrected chi connectivity index (χ1v) is 7.57. The Kier molecular flexibility index (Phi) is 4.14. The van der Waals surface area contributed by atoms with E-state index in [0.717, 1.165) is 24.4 Å². The van der Waals surface area contributed by atoms with Crippen LogP contribution >= 0.6 is 0 Å². The number of nitrogens with two attached hydrogens (primary N) is 1. The van der Waals surface area contributed by atoms with Crippen molar-refractivity contribution in [2.24, 2.45) is 17.6 Å². The van der Waals surface area contributed by atoms with E-state index in [2.05, 4.69) is 25.7 Å². The van der Waals surface area contributed by atoms with E-state index in [1.165, 1.54) is 45.1 Å². The van der Waals surface area contributed by atoms with Crippen molar-refractivity contribution in [1.29, 1.82) is 0 Å². The predicted octanol–water partition coefficient (Wildman–Crippen LogP) is 3.01. The van der Waals surface area contributed by atoms with Gasteiger partial charge in [-0.2, -0.15) is 0 Å². The van der Waals surface area contributed by atoms with Crippen molar-refractivity contribution < 1.29 is 0 Å². The average molecular weight is 238 g/mol. The number of hydrogen-bond donors (Lipinski definition) is 1. The molecule has 17 heavy (non-hydrogen) atoms. The summed E-state index contributed by atoms with van der Waals surface area (Å²) in [6.07, 6.45) is 8.22. The van der Waals surface area contributed by atoms with Gasteiger partial charge in [0.05, 0.1) is 0 Å². The van der Waals surface area contributed by atoms with Crippen LogP contribution in [-0.4, -0.2) is 29.6 Å². The summed E-state index contributed by atoms with van der Waals surface area (Å²) >= 11 is 0. The Morgan fingerprint density at radius 2 is 1.88 bits per heavy atom. The Balaban J connectivity index is 2.20. The van der Waals surface area contributed by atoms with Crippen molar-refractivity contribution in [3.63, 3.8) is 0 Å². The van der Waals surface area contributed by atoms with Crippen LogP contribution in [0.3, 0.4) is 0 Å².